The van der Waals surface area contributed by atoms with E-state index in [0.717, 1.165) is 28.6 Å². The Bertz CT molecular complexity index is 470. The molecular formula is C11H14N4S. The van der Waals surface area contributed by atoms with E-state index in [0.29, 0.717) is 5.82 Å². The highest BCUT2D eigenvalue weighted by Crippen LogP contribution is 2.20. The van der Waals surface area contributed by atoms with Gasteiger partial charge < -0.3 is 5.32 Å². The summed E-state index contributed by atoms with van der Waals surface area (Å²) in [5.41, 5.74) is 1.88. The second-order valence-corrected chi connectivity index (χ2v) is 4.49. The fraction of sp³-hybridized carbons (Fsp3) is 0.364. The van der Waals surface area contributed by atoms with Crippen molar-refractivity contribution in [1.29, 1.82) is 0 Å². The van der Waals surface area contributed by atoms with Gasteiger partial charge in [-0.2, -0.15) is 0 Å². The van der Waals surface area contributed by atoms with Crippen LogP contribution in [0.5, 0.6) is 0 Å². The highest BCUT2D eigenvalue weighted by molar-refractivity contribution is 7.09. The highest BCUT2D eigenvalue weighted by Gasteiger charge is 2.08. The fourth-order valence-corrected chi connectivity index (χ4v) is 1.98. The summed E-state index contributed by atoms with van der Waals surface area (Å²) < 4.78 is 0. The summed E-state index contributed by atoms with van der Waals surface area (Å²) in [6.07, 6.45) is 0.896. The number of anilines is 1. The van der Waals surface area contributed by atoms with Gasteiger partial charge in [-0.15, -0.1) is 11.3 Å². The lowest BCUT2D eigenvalue weighted by molar-refractivity contribution is 0.999. The first kappa shape index (κ1) is 11.0. The summed E-state index contributed by atoms with van der Waals surface area (Å²) in [5, 5.41) is 6.07. The van der Waals surface area contributed by atoms with Crippen molar-refractivity contribution in [2.75, 3.05) is 12.4 Å². The van der Waals surface area contributed by atoms with Gasteiger partial charge in [0.05, 0.1) is 5.01 Å². The number of hydrogen-bond acceptors (Lipinski definition) is 5. The molecule has 0 fully saturated rings. The van der Waals surface area contributed by atoms with Crippen LogP contribution in [0.4, 0.5) is 5.82 Å². The largest absolute Gasteiger partial charge is 0.373 e. The predicted octanol–water partition coefficient (Wildman–Crippen LogP) is 2.51. The highest BCUT2D eigenvalue weighted by atomic mass is 32.1. The first-order valence-electron chi connectivity index (χ1n) is 5.21. The molecule has 0 radical (unpaired) electrons. The van der Waals surface area contributed by atoms with Crippen LogP contribution < -0.4 is 5.32 Å². The average Bonchev–Trinajstić information content (AvgIpc) is 2.75. The molecule has 0 aliphatic rings. The Kier molecular flexibility index (Phi) is 3.14. The van der Waals surface area contributed by atoms with Gasteiger partial charge in [-0.25, -0.2) is 15.0 Å². The Morgan fingerprint density at radius 1 is 1.31 bits per heavy atom. The van der Waals surface area contributed by atoms with Crippen molar-refractivity contribution in [2.45, 2.75) is 20.3 Å². The van der Waals surface area contributed by atoms with Crippen molar-refractivity contribution in [3.8, 4) is 11.5 Å². The topological polar surface area (TPSA) is 50.7 Å². The van der Waals surface area contributed by atoms with Crippen LogP contribution in [0.15, 0.2) is 11.4 Å². The van der Waals surface area contributed by atoms with Crippen molar-refractivity contribution in [2.24, 2.45) is 0 Å². The third kappa shape index (κ3) is 2.19. The minimum absolute atomic E-state index is 0.702. The minimum Gasteiger partial charge on any atom is -0.373 e. The van der Waals surface area contributed by atoms with Crippen LogP contribution in [-0.4, -0.2) is 22.0 Å². The van der Waals surface area contributed by atoms with Gasteiger partial charge >= 0.3 is 0 Å². The number of hydrogen-bond donors (Lipinski definition) is 1. The van der Waals surface area contributed by atoms with Crippen LogP contribution >= 0.6 is 11.3 Å². The molecule has 2 rings (SSSR count). The molecule has 2 heterocycles. The molecule has 0 saturated heterocycles. The lowest BCUT2D eigenvalue weighted by atomic mass is 10.3. The van der Waals surface area contributed by atoms with Crippen LogP contribution in [0.2, 0.25) is 0 Å². The average molecular weight is 234 g/mol. The Labute approximate surface area is 98.8 Å². The molecule has 0 unspecified atom stereocenters. The predicted molar refractivity (Wildman–Crippen MR) is 66.8 cm³/mol. The van der Waals surface area contributed by atoms with Crippen LogP contribution in [0, 0.1) is 6.92 Å². The number of aromatic nitrogens is 3. The molecule has 16 heavy (non-hydrogen) atoms. The summed E-state index contributed by atoms with van der Waals surface area (Å²) in [5.74, 6) is 1.54. The molecule has 2 aromatic heterocycles. The SMILES string of the molecule is CCc1cc(NC)nc(-c2csc(C)n2)n1. The van der Waals surface area contributed by atoms with Gasteiger partial charge in [-0.05, 0) is 13.3 Å². The number of rotatable bonds is 3. The number of nitrogens with zero attached hydrogens (tertiary/aromatic N) is 3. The van der Waals surface area contributed by atoms with E-state index in [1.165, 1.54) is 0 Å². The minimum atomic E-state index is 0.702. The quantitative estimate of drug-likeness (QED) is 0.886. The Morgan fingerprint density at radius 3 is 2.69 bits per heavy atom. The zero-order valence-corrected chi connectivity index (χ0v) is 10.4. The van der Waals surface area contributed by atoms with Gasteiger partial charge in [0.1, 0.15) is 11.5 Å². The summed E-state index contributed by atoms with van der Waals surface area (Å²) in [4.78, 5) is 13.3. The van der Waals surface area contributed by atoms with Crippen molar-refractivity contribution in [3.63, 3.8) is 0 Å². The van der Waals surface area contributed by atoms with E-state index in [1.54, 1.807) is 11.3 Å². The van der Waals surface area contributed by atoms with E-state index < -0.39 is 0 Å². The first-order chi connectivity index (χ1) is 7.72. The van der Waals surface area contributed by atoms with E-state index in [9.17, 15) is 0 Å². The molecule has 2 aromatic rings. The van der Waals surface area contributed by atoms with Gasteiger partial charge in [0.2, 0.25) is 0 Å². The van der Waals surface area contributed by atoms with E-state index >= 15 is 0 Å². The maximum absolute atomic E-state index is 4.48. The number of nitrogens with one attached hydrogen (secondary N) is 1. The maximum Gasteiger partial charge on any atom is 0.181 e. The molecule has 0 bridgehead atoms. The summed E-state index contributed by atoms with van der Waals surface area (Å²) in [7, 11) is 1.86. The molecule has 1 N–H and O–H groups in total. The van der Waals surface area contributed by atoms with Crippen molar-refractivity contribution < 1.29 is 0 Å². The third-order valence-corrected chi connectivity index (χ3v) is 3.02. The first-order valence-corrected chi connectivity index (χ1v) is 6.09. The Balaban J connectivity index is 2.47. The summed E-state index contributed by atoms with van der Waals surface area (Å²) in [6.45, 7) is 4.06. The van der Waals surface area contributed by atoms with Gasteiger partial charge in [0, 0.05) is 24.2 Å². The van der Waals surface area contributed by atoms with Gasteiger partial charge in [-0.1, -0.05) is 6.92 Å². The molecular weight excluding hydrogens is 220 g/mol. The lowest BCUT2D eigenvalue weighted by Gasteiger charge is -2.04. The molecule has 0 saturated carbocycles. The summed E-state index contributed by atoms with van der Waals surface area (Å²) >= 11 is 1.61. The third-order valence-electron chi connectivity index (χ3n) is 2.25. The molecule has 0 aliphatic heterocycles. The van der Waals surface area contributed by atoms with Crippen LogP contribution in [0.1, 0.15) is 17.6 Å². The summed E-state index contributed by atoms with van der Waals surface area (Å²) in [6, 6.07) is 1.96. The molecule has 0 atom stereocenters. The number of aryl methyl sites for hydroxylation is 2. The van der Waals surface area contributed by atoms with Gasteiger partial charge in [-0.3, -0.25) is 0 Å². The lowest BCUT2D eigenvalue weighted by Crippen LogP contribution is -2.00. The second kappa shape index (κ2) is 4.57. The van der Waals surface area contributed by atoms with Crippen molar-refractivity contribution >= 4 is 17.2 Å². The second-order valence-electron chi connectivity index (χ2n) is 3.42. The molecule has 84 valence electrons. The molecule has 0 amide bonds. The smallest absolute Gasteiger partial charge is 0.181 e. The Morgan fingerprint density at radius 2 is 2.12 bits per heavy atom. The number of thiazole rings is 1. The zero-order chi connectivity index (χ0) is 11.5. The molecule has 4 nitrogen and oxygen atoms in total. The van der Waals surface area contributed by atoms with E-state index in [4.69, 9.17) is 0 Å². The van der Waals surface area contributed by atoms with Gasteiger partial charge in [0.15, 0.2) is 5.82 Å². The normalized spacial score (nSPS) is 10.4. The van der Waals surface area contributed by atoms with Crippen molar-refractivity contribution in [1.82, 2.24) is 15.0 Å². The Hall–Kier alpha value is -1.49. The zero-order valence-electron chi connectivity index (χ0n) is 9.61. The monoisotopic (exact) mass is 234 g/mol. The van der Waals surface area contributed by atoms with E-state index in [2.05, 4.69) is 27.2 Å². The van der Waals surface area contributed by atoms with Crippen LogP contribution in [0.25, 0.3) is 11.5 Å². The molecule has 0 aromatic carbocycles. The maximum atomic E-state index is 4.48. The standard InChI is InChI=1S/C11H14N4S/c1-4-8-5-10(12-3)15-11(14-8)9-6-16-7(2)13-9/h5-6H,4H2,1-3H3,(H,12,14,15). The van der Waals surface area contributed by atoms with Crippen molar-refractivity contribution in [3.05, 3.63) is 22.1 Å². The van der Waals surface area contributed by atoms with Gasteiger partial charge in [0.25, 0.3) is 0 Å². The molecule has 0 aliphatic carbocycles. The van der Waals surface area contributed by atoms with Crippen LogP contribution in [-0.2, 0) is 6.42 Å². The van der Waals surface area contributed by atoms with Crippen LogP contribution in [0.3, 0.4) is 0 Å². The molecule has 5 heteroatoms. The molecule has 0 spiro atoms. The fourth-order valence-electron chi connectivity index (χ4n) is 1.39. The van der Waals surface area contributed by atoms with E-state index in [-0.39, 0.29) is 0 Å². The van der Waals surface area contributed by atoms with E-state index in [1.807, 2.05) is 25.4 Å².